The number of carbonyl (C=O) groups excluding carboxylic acids is 3. The number of rotatable bonds is 14. The van der Waals surface area contributed by atoms with Gasteiger partial charge in [0.2, 0.25) is 0 Å². The van der Waals surface area contributed by atoms with E-state index < -0.39 is 116 Å². The van der Waals surface area contributed by atoms with Crippen LogP contribution in [0.1, 0.15) is 92.2 Å². The summed E-state index contributed by atoms with van der Waals surface area (Å²) in [5.74, 6) is -9.45. The van der Waals surface area contributed by atoms with Gasteiger partial charge in [0.1, 0.15) is 58.0 Å². The van der Waals surface area contributed by atoms with Gasteiger partial charge in [-0.05, 0) is 112 Å². The third kappa shape index (κ3) is 16.0. The molecule has 2 saturated heterocycles. The van der Waals surface area contributed by atoms with Gasteiger partial charge in [-0.2, -0.15) is 26.3 Å². The van der Waals surface area contributed by atoms with Gasteiger partial charge in [0.25, 0.3) is 22.9 Å². The maximum Gasteiger partial charge on any atom is 1.00 e. The predicted molar refractivity (Wildman–Crippen MR) is 324 cm³/mol. The second-order valence-electron chi connectivity index (χ2n) is 23.1. The Morgan fingerprint density at radius 3 is 1.32 bits per heavy atom. The molecule has 2 aromatic heterocycles. The summed E-state index contributed by atoms with van der Waals surface area (Å²) in [6.45, 7) is 8.99. The number of carboxylic acid groups (broad SMARTS) is 1. The number of nitrogens with zero attached hydrogens (tertiary/aromatic N) is 4. The van der Waals surface area contributed by atoms with Crippen LogP contribution in [0.25, 0.3) is 22.3 Å². The van der Waals surface area contributed by atoms with Crippen molar-refractivity contribution < 1.29 is 122 Å². The number of benzene rings is 4. The molecule has 6 N–H and O–H groups in total. The van der Waals surface area contributed by atoms with E-state index in [-0.39, 0.29) is 120 Å². The maximum absolute atomic E-state index is 15.2. The van der Waals surface area contributed by atoms with Gasteiger partial charge in [0, 0.05) is 86.0 Å². The quantitative estimate of drug-likeness (QED) is 0.0704. The fourth-order valence-corrected chi connectivity index (χ4v) is 12.0. The van der Waals surface area contributed by atoms with Gasteiger partial charge >= 0.3 is 43.2 Å². The van der Waals surface area contributed by atoms with E-state index in [0.717, 1.165) is 52.6 Å². The molecular weight excluding hydrogens is 1290 g/mol. The molecule has 0 bridgehead atoms. The predicted octanol–water partition coefficient (Wildman–Crippen LogP) is 5.36. The molecule has 514 valence electrons. The summed E-state index contributed by atoms with van der Waals surface area (Å²) in [4.78, 5) is 81.2. The van der Waals surface area contributed by atoms with E-state index in [1.165, 1.54) is 52.2 Å². The number of amides is 2. The Labute approximate surface area is 555 Å². The Morgan fingerprint density at radius 1 is 0.615 bits per heavy atom. The molecule has 6 aromatic rings. The monoisotopic (exact) mass is 1350 g/mol. The van der Waals surface area contributed by atoms with Crippen molar-refractivity contribution >= 4 is 35.1 Å². The van der Waals surface area contributed by atoms with Crippen LogP contribution >= 0.6 is 0 Å². The van der Waals surface area contributed by atoms with Crippen LogP contribution in [0.3, 0.4) is 0 Å². The first-order chi connectivity index (χ1) is 43.9. The zero-order valence-corrected chi connectivity index (χ0v) is 53.4. The molecule has 4 aliphatic rings. The molecule has 4 atom stereocenters. The number of morpholine rings is 2. The van der Waals surface area contributed by atoms with Crippen molar-refractivity contribution in [3.05, 3.63) is 161 Å². The summed E-state index contributed by atoms with van der Waals surface area (Å²) in [7, 11) is 3.80. The Hall–Kier alpha value is -8.40. The number of anilines is 2. The van der Waals surface area contributed by atoms with Crippen LogP contribution in [-0.2, 0) is 75.9 Å². The summed E-state index contributed by atoms with van der Waals surface area (Å²) in [6.07, 6.45) is -8.74. The van der Waals surface area contributed by atoms with Crippen molar-refractivity contribution in [2.75, 3.05) is 69.6 Å². The molecule has 0 aliphatic carbocycles. The Balaban J connectivity index is 0.000000294. The standard InChI is InChI=1S/C33H34F5N3O6.C32H32F5N3O6.Li.2H2O/c1-17-12-23(33(36,37)38)27(31(43)40(17)3)22-8-7-19(21-6-5-10-47-29(21)22)13-26(32(44)45-4)39-30(42)28-24(34)14-20(15-25(28)35)41-9-11-46-16-18(41)2;1-16-11-22(32(35,36)37)26(30(42)39(16)3)21-7-6-18(20-5-4-9-46-28(20)21)12-25(31(43)44)38-29(41)27-23(33)13-19(14-24(27)34)40-8-10-45-15-17(40)2;;;/h7-8,12,14-15,18,26H,5-6,9-11,13,16H2,1-4H3,(H,39,42);6-7,11,13-14,17,25H,4-5,8-10,12,15H2,1-3H3,(H,38,41)(H,43,44);;2*1H2/q;;+1;;/p-1/t18-,26-;17-,25-;;;/m00.../s1. The van der Waals surface area contributed by atoms with Crippen LogP contribution in [0.2, 0.25) is 0 Å². The number of hydrogen-bond acceptors (Lipinski definition) is 14. The number of aliphatic carboxylic acids is 1. The SMILES string of the molecule is COC(=O)[C@H](Cc1ccc(-c2c(C(F)(F)F)cc(C)n(C)c2=O)c2c1CCCO2)NC(=O)c1c(F)cc(N2CCOC[C@@H]2C)cc1F.Cc1cc(C(F)(F)F)c(-c2ccc(C[C@H](NC(=O)c3c(F)cc(N4CCOC[C@@H]4C)cc3F)C(=O)O)c3c2OCCC3)c(=O)n1C.O.[Li+].[OH-]. The fraction of sp³-hybridized carbons (Fsp3) is 0.415. The van der Waals surface area contributed by atoms with Gasteiger partial charge in [-0.25, -0.2) is 27.2 Å². The molecule has 4 aliphatic heterocycles. The summed E-state index contributed by atoms with van der Waals surface area (Å²) in [5, 5.41) is 14.5. The maximum atomic E-state index is 15.2. The van der Waals surface area contributed by atoms with Crippen molar-refractivity contribution in [3.8, 4) is 33.8 Å². The number of ether oxygens (including phenoxy) is 5. The number of alkyl halides is 6. The average molecular weight is 1360 g/mol. The van der Waals surface area contributed by atoms with Crippen LogP contribution in [-0.4, -0.2) is 133 Å². The second kappa shape index (κ2) is 31.2. The molecule has 2 amide bonds. The van der Waals surface area contributed by atoms with E-state index in [2.05, 4.69) is 10.6 Å². The third-order valence-corrected chi connectivity index (χ3v) is 17.0. The fourth-order valence-electron chi connectivity index (χ4n) is 12.0. The van der Waals surface area contributed by atoms with Crippen molar-refractivity contribution in [3.63, 3.8) is 0 Å². The first kappa shape index (κ1) is 76.6. The van der Waals surface area contributed by atoms with Gasteiger partial charge in [-0.3, -0.25) is 19.2 Å². The van der Waals surface area contributed by atoms with E-state index in [4.69, 9.17) is 23.7 Å². The Bertz CT molecular complexity index is 4010. The number of pyridine rings is 2. The third-order valence-electron chi connectivity index (χ3n) is 17.0. The molecular formula is C65H69F10LiN6O14. The molecule has 0 spiro atoms. The Morgan fingerprint density at radius 2 is 0.979 bits per heavy atom. The minimum Gasteiger partial charge on any atom is -0.870 e. The molecule has 0 radical (unpaired) electrons. The number of fused-ring (bicyclic) bond motifs is 2. The van der Waals surface area contributed by atoms with Crippen LogP contribution in [0, 0.1) is 37.1 Å². The van der Waals surface area contributed by atoms with Gasteiger partial charge in [-0.1, -0.05) is 24.3 Å². The van der Waals surface area contributed by atoms with Gasteiger partial charge in [0.05, 0.1) is 69.0 Å². The zero-order valence-electron chi connectivity index (χ0n) is 53.4. The van der Waals surface area contributed by atoms with Crippen molar-refractivity contribution in [2.24, 2.45) is 14.1 Å². The summed E-state index contributed by atoms with van der Waals surface area (Å²) >= 11 is 0. The molecule has 6 heterocycles. The first-order valence-electron chi connectivity index (χ1n) is 29.6. The van der Waals surface area contributed by atoms with E-state index in [1.54, 1.807) is 9.80 Å². The second-order valence-corrected chi connectivity index (χ2v) is 23.1. The molecule has 2 fully saturated rings. The number of aromatic nitrogens is 2. The molecule has 4 aromatic carbocycles. The zero-order chi connectivity index (χ0) is 67.7. The number of aryl methyl sites for hydroxylation is 2. The van der Waals surface area contributed by atoms with Crippen molar-refractivity contribution in [2.45, 2.75) is 103 Å². The summed E-state index contributed by atoms with van der Waals surface area (Å²) < 4.78 is 175. The molecule has 20 nitrogen and oxygen atoms in total. The number of methoxy groups -OCH3 is 1. The van der Waals surface area contributed by atoms with Crippen LogP contribution < -0.4 is 59.9 Å². The molecule has 31 heteroatoms. The number of hydrogen-bond donors (Lipinski definition) is 3. The van der Waals surface area contributed by atoms with Gasteiger partial charge in [-0.15, -0.1) is 0 Å². The molecule has 10 rings (SSSR count). The van der Waals surface area contributed by atoms with Gasteiger partial charge in [0.15, 0.2) is 0 Å². The van der Waals surface area contributed by atoms with Crippen LogP contribution in [0.15, 0.2) is 70.3 Å². The van der Waals surface area contributed by atoms with Crippen molar-refractivity contribution in [1.29, 1.82) is 0 Å². The van der Waals surface area contributed by atoms with E-state index >= 15 is 17.6 Å². The topological polar surface area (TPSA) is 271 Å². The molecule has 0 unspecified atom stereocenters. The average Bonchev–Trinajstić information content (AvgIpc) is 0.758. The van der Waals surface area contributed by atoms with Crippen LogP contribution in [0.5, 0.6) is 11.5 Å². The van der Waals surface area contributed by atoms with E-state index in [0.29, 0.717) is 81.0 Å². The largest absolute Gasteiger partial charge is 1.00 e. The number of carbonyl (C=O) groups is 4. The van der Waals surface area contributed by atoms with E-state index in [9.17, 15) is 60.2 Å². The number of halogens is 10. The summed E-state index contributed by atoms with van der Waals surface area (Å²) in [6, 6.07) is 7.85. The van der Waals surface area contributed by atoms with Gasteiger partial charge < -0.3 is 69.3 Å². The smallest absolute Gasteiger partial charge is 0.870 e. The van der Waals surface area contributed by atoms with Crippen molar-refractivity contribution in [1.82, 2.24) is 19.8 Å². The number of esters is 1. The number of carboxylic acids is 1. The minimum absolute atomic E-state index is 0. The normalized spacial score (nSPS) is 16.6. The van der Waals surface area contributed by atoms with E-state index in [1.807, 2.05) is 13.8 Å². The first-order valence-corrected chi connectivity index (χ1v) is 29.6. The minimum atomic E-state index is -4.85. The van der Waals surface area contributed by atoms with Crippen LogP contribution in [0.4, 0.5) is 55.3 Å². The molecule has 0 saturated carbocycles. The molecule has 96 heavy (non-hydrogen) atoms. The summed E-state index contributed by atoms with van der Waals surface area (Å²) in [5.41, 5.74) is -4.95. The Kier molecular flexibility index (Phi) is 24.9. The number of nitrogens with one attached hydrogen (secondary N) is 2.